The summed E-state index contributed by atoms with van der Waals surface area (Å²) in [5.74, 6) is 0.697. The number of hydrogen-bond acceptors (Lipinski definition) is 4. The van der Waals surface area contributed by atoms with Gasteiger partial charge in [-0.3, -0.25) is 0 Å². The van der Waals surface area contributed by atoms with Crippen LogP contribution in [0.25, 0.3) is 0 Å². The molecule has 0 radical (unpaired) electrons. The van der Waals surface area contributed by atoms with Gasteiger partial charge in [-0.1, -0.05) is 19.1 Å². The highest BCUT2D eigenvalue weighted by Gasteiger charge is 2.12. The van der Waals surface area contributed by atoms with E-state index in [1.807, 2.05) is 25.1 Å². The number of rotatable bonds is 7. The number of halogens is 1. The molecule has 0 bridgehead atoms. The molecule has 0 aliphatic rings. The van der Waals surface area contributed by atoms with Crippen LogP contribution in [-0.4, -0.2) is 33.1 Å². The lowest BCUT2D eigenvalue weighted by Crippen LogP contribution is -2.22. The average molecular weight is 350 g/mol. The van der Waals surface area contributed by atoms with Crippen LogP contribution in [0.3, 0.4) is 0 Å². The minimum atomic E-state index is -3.01. The van der Waals surface area contributed by atoms with E-state index in [2.05, 4.69) is 15.9 Å². The van der Waals surface area contributed by atoms with E-state index < -0.39 is 9.84 Å². The van der Waals surface area contributed by atoms with Crippen LogP contribution in [0.5, 0.6) is 5.75 Å². The molecular formula is C13H20BrNO3S. The van der Waals surface area contributed by atoms with E-state index in [0.29, 0.717) is 12.2 Å². The van der Waals surface area contributed by atoms with Gasteiger partial charge in [0.1, 0.15) is 12.4 Å². The summed E-state index contributed by atoms with van der Waals surface area (Å²) < 4.78 is 28.6. The van der Waals surface area contributed by atoms with Gasteiger partial charge < -0.3 is 10.5 Å². The normalized spacial score (nSPS) is 13.3. The number of benzene rings is 1. The summed E-state index contributed by atoms with van der Waals surface area (Å²) >= 11 is 3.42. The standard InChI is InChI=1S/C13H20BrNO3S/c1-3-11(15)9-10-5-4-6-12(14)13(10)18-7-8-19(2,16)17/h4-6,11H,3,7-9,15H2,1-2H3. The summed E-state index contributed by atoms with van der Waals surface area (Å²) in [4.78, 5) is 0. The van der Waals surface area contributed by atoms with Crippen LogP contribution in [0.4, 0.5) is 0 Å². The van der Waals surface area contributed by atoms with Crippen molar-refractivity contribution in [2.75, 3.05) is 18.6 Å². The van der Waals surface area contributed by atoms with E-state index in [1.54, 1.807) is 0 Å². The third-order valence-electron chi connectivity index (χ3n) is 2.76. The van der Waals surface area contributed by atoms with Crippen molar-refractivity contribution in [1.29, 1.82) is 0 Å². The number of ether oxygens (including phenoxy) is 1. The fourth-order valence-electron chi connectivity index (χ4n) is 1.60. The molecule has 0 heterocycles. The molecule has 1 aromatic carbocycles. The van der Waals surface area contributed by atoms with Crippen molar-refractivity contribution in [2.24, 2.45) is 5.73 Å². The SMILES string of the molecule is CCC(N)Cc1cccc(Br)c1OCCS(C)(=O)=O. The molecule has 1 atom stereocenters. The van der Waals surface area contributed by atoms with Crippen LogP contribution in [0.1, 0.15) is 18.9 Å². The first-order chi connectivity index (χ1) is 8.83. The minimum Gasteiger partial charge on any atom is -0.491 e. The van der Waals surface area contributed by atoms with Crippen molar-refractivity contribution in [3.63, 3.8) is 0 Å². The molecule has 1 rings (SSSR count). The quantitative estimate of drug-likeness (QED) is 0.818. The summed E-state index contributed by atoms with van der Waals surface area (Å²) in [6.45, 7) is 2.18. The van der Waals surface area contributed by atoms with Gasteiger partial charge in [0.2, 0.25) is 0 Å². The Hall–Kier alpha value is -0.590. The number of hydrogen-bond donors (Lipinski definition) is 1. The lowest BCUT2D eigenvalue weighted by atomic mass is 10.0. The molecule has 0 aliphatic carbocycles. The maximum absolute atomic E-state index is 11.1. The molecule has 0 saturated heterocycles. The summed E-state index contributed by atoms with van der Waals surface area (Å²) in [5, 5.41) is 0. The lowest BCUT2D eigenvalue weighted by molar-refractivity contribution is 0.334. The number of para-hydroxylation sites is 1. The second-order valence-corrected chi connectivity index (χ2v) is 7.69. The lowest BCUT2D eigenvalue weighted by Gasteiger charge is -2.15. The maximum atomic E-state index is 11.1. The Morgan fingerprint density at radius 3 is 2.68 bits per heavy atom. The van der Waals surface area contributed by atoms with Gasteiger partial charge in [-0.05, 0) is 40.4 Å². The Kier molecular flexibility index (Phi) is 6.29. The molecule has 2 N–H and O–H groups in total. The highest BCUT2D eigenvalue weighted by Crippen LogP contribution is 2.30. The van der Waals surface area contributed by atoms with E-state index in [-0.39, 0.29) is 18.4 Å². The molecule has 0 spiro atoms. The summed E-state index contributed by atoms with van der Waals surface area (Å²) in [5.41, 5.74) is 6.95. The van der Waals surface area contributed by atoms with Crippen LogP contribution < -0.4 is 10.5 Å². The maximum Gasteiger partial charge on any atom is 0.150 e. The Morgan fingerprint density at radius 1 is 1.42 bits per heavy atom. The molecule has 4 nitrogen and oxygen atoms in total. The van der Waals surface area contributed by atoms with E-state index >= 15 is 0 Å². The van der Waals surface area contributed by atoms with E-state index in [0.717, 1.165) is 16.5 Å². The van der Waals surface area contributed by atoms with Crippen molar-refractivity contribution < 1.29 is 13.2 Å². The Bertz CT molecular complexity index is 517. The molecule has 0 amide bonds. The topological polar surface area (TPSA) is 69.4 Å². The minimum absolute atomic E-state index is 0.00755. The molecule has 0 saturated carbocycles. The molecular weight excluding hydrogens is 330 g/mol. The van der Waals surface area contributed by atoms with Crippen LogP contribution in [-0.2, 0) is 16.3 Å². The molecule has 108 valence electrons. The zero-order valence-corrected chi connectivity index (χ0v) is 13.6. The predicted octanol–water partition coefficient (Wildman–Crippen LogP) is 2.15. The summed E-state index contributed by atoms with van der Waals surface area (Å²) in [7, 11) is -3.01. The third kappa shape index (κ3) is 5.93. The van der Waals surface area contributed by atoms with Crippen LogP contribution in [0.15, 0.2) is 22.7 Å². The largest absolute Gasteiger partial charge is 0.491 e. The highest BCUT2D eigenvalue weighted by molar-refractivity contribution is 9.10. The monoisotopic (exact) mass is 349 g/mol. The van der Waals surface area contributed by atoms with Gasteiger partial charge in [-0.15, -0.1) is 0 Å². The molecule has 6 heteroatoms. The average Bonchev–Trinajstić information content (AvgIpc) is 2.31. The first-order valence-corrected chi connectivity index (χ1v) is 9.02. The van der Waals surface area contributed by atoms with Gasteiger partial charge in [-0.2, -0.15) is 0 Å². The Balaban J connectivity index is 2.80. The fourth-order valence-corrected chi connectivity index (χ4v) is 2.51. The fraction of sp³-hybridized carbons (Fsp3) is 0.538. The van der Waals surface area contributed by atoms with Gasteiger partial charge in [0.05, 0.1) is 10.2 Å². The molecule has 19 heavy (non-hydrogen) atoms. The third-order valence-corrected chi connectivity index (χ3v) is 4.29. The molecule has 0 aliphatic heterocycles. The second kappa shape index (κ2) is 7.26. The van der Waals surface area contributed by atoms with Crippen molar-refractivity contribution in [3.05, 3.63) is 28.2 Å². The number of sulfone groups is 1. The van der Waals surface area contributed by atoms with Crippen LogP contribution >= 0.6 is 15.9 Å². The van der Waals surface area contributed by atoms with E-state index in [9.17, 15) is 8.42 Å². The van der Waals surface area contributed by atoms with Gasteiger partial charge in [0.25, 0.3) is 0 Å². The molecule has 0 fully saturated rings. The number of nitrogens with two attached hydrogens (primary N) is 1. The first-order valence-electron chi connectivity index (χ1n) is 6.17. The van der Waals surface area contributed by atoms with Gasteiger partial charge in [0.15, 0.2) is 9.84 Å². The Morgan fingerprint density at radius 2 is 2.11 bits per heavy atom. The Labute approximate surface area is 123 Å². The van der Waals surface area contributed by atoms with E-state index in [1.165, 1.54) is 6.26 Å². The van der Waals surface area contributed by atoms with Crippen molar-refractivity contribution in [1.82, 2.24) is 0 Å². The van der Waals surface area contributed by atoms with Crippen molar-refractivity contribution >= 4 is 25.8 Å². The highest BCUT2D eigenvalue weighted by atomic mass is 79.9. The van der Waals surface area contributed by atoms with Crippen molar-refractivity contribution in [3.8, 4) is 5.75 Å². The summed E-state index contributed by atoms with van der Waals surface area (Å²) in [6.07, 6.45) is 2.80. The molecule has 1 aromatic rings. The molecule has 0 aromatic heterocycles. The predicted molar refractivity (Wildman–Crippen MR) is 81.3 cm³/mol. The zero-order valence-electron chi connectivity index (χ0n) is 11.2. The van der Waals surface area contributed by atoms with Gasteiger partial charge in [0, 0.05) is 12.3 Å². The van der Waals surface area contributed by atoms with Gasteiger partial charge in [-0.25, -0.2) is 8.42 Å². The summed E-state index contributed by atoms with van der Waals surface area (Å²) in [6, 6.07) is 5.82. The zero-order chi connectivity index (χ0) is 14.5. The van der Waals surface area contributed by atoms with Crippen molar-refractivity contribution in [2.45, 2.75) is 25.8 Å². The smallest absolute Gasteiger partial charge is 0.150 e. The van der Waals surface area contributed by atoms with Crippen LogP contribution in [0, 0.1) is 0 Å². The first kappa shape index (κ1) is 16.5. The van der Waals surface area contributed by atoms with Gasteiger partial charge >= 0.3 is 0 Å². The second-order valence-electron chi connectivity index (χ2n) is 4.58. The van der Waals surface area contributed by atoms with E-state index in [4.69, 9.17) is 10.5 Å². The van der Waals surface area contributed by atoms with Crippen LogP contribution in [0.2, 0.25) is 0 Å². The molecule has 1 unspecified atom stereocenters.